The second-order valence-corrected chi connectivity index (χ2v) is 7.09. The van der Waals surface area contributed by atoms with Gasteiger partial charge in [-0.25, -0.2) is 8.42 Å². The van der Waals surface area contributed by atoms with Crippen molar-refractivity contribution in [3.63, 3.8) is 0 Å². The molecule has 0 saturated heterocycles. The molecule has 6 heteroatoms. The summed E-state index contributed by atoms with van der Waals surface area (Å²) in [4.78, 5) is 1.03. The van der Waals surface area contributed by atoms with Crippen LogP contribution in [0.15, 0.2) is 16.3 Å². The minimum absolute atomic E-state index is 0.427. The molecule has 0 saturated carbocycles. The maximum atomic E-state index is 12.3. The van der Waals surface area contributed by atoms with E-state index in [1.807, 2.05) is 19.9 Å². The first kappa shape index (κ1) is 14.6. The van der Waals surface area contributed by atoms with Crippen molar-refractivity contribution in [3.05, 3.63) is 17.0 Å². The fourth-order valence-electron chi connectivity index (χ4n) is 1.60. The summed E-state index contributed by atoms with van der Waals surface area (Å²) in [7, 11) is -3.30. The quantitative estimate of drug-likeness (QED) is 0.824. The third-order valence-corrected chi connectivity index (χ3v) is 6.03. The summed E-state index contributed by atoms with van der Waals surface area (Å²) in [6.45, 7) is 5.48. The molecule has 0 unspecified atom stereocenters. The van der Waals surface area contributed by atoms with E-state index in [0.717, 1.165) is 17.7 Å². The molecule has 0 amide bonds. The highest BCUT2D eigenvalue weighted by molar-refractivity contribution is 7.91. The monoisotopic (exact) mass is 276 g/mol. The smallest absolute Gasteiger partial charge is 0.252 e. The zero-order valence-electron chi connectivity index (χ0n) is 10.3. The second-order valence-electron chi connectivity index (χ2n) is 3.76. The first-order chi connectivity index (χ1) is 8.06. The van der Waals surface area contributed by atoms with Crippen molar-refractivity contribution >= 4 is 21.4 Å². The second kappa shape index (κ2) is 6.49. The van der Waals surface area contributed by atoms with Gasteiger partial charge >= 0.3 is 0 Å². The van der Waals surface area contributed by atoms with Gasteiger partial charge in [0.1, 0.15) is 4.21 Å². The van der Waals surface area contributed by atoms with E-state index in [-0.39, 0.29) is 0 Å². The Morgan fingerprint density at radius 3 is 2.59 bits per heavy atom. The lowest BCUT2D eigenvalue weighted by Gasteiger charge is -2.18. The predicted molar refractivity (Wildman–Crippen MR) is 71.8 cm³/mol. The topological polar surface area (TPSA) is 63.4 Å². The van der Waals surface area contributed by atoms with Crippen LogP contribution in [0.3, 0.4) is 0 Å². The maximum Gasteiger partial charge on any atom is 0.252 e. The molecule has 17 heavy (non-hydrogen) atoms. The number of nitrogens with zero attached hydrogens (tertiary/aromatic N) is 1. The summed E-state index contributed by atoms with van der Waals surface area (Å²) < 4.78 is 26.5. The molecule has 0 atom stereocenters. The van der Waals surface area contributed by atoms with Gasteiger partial charge in [0.25, 0.3) is 10.0 Å². The molecule has 2 N–H and O–H groups in total. The van der Waals surface area contributed by atoms with E-state index in [9.17, 15) is 8.42 Å². The number of hydrogen-bond donors (Lipinski definition) is 1. The first-order valence-electron chi connectivity index (χ1n) is 5.85. The van der Waals surface area contributed by atoms with Crippen LogP contribution < -0.4 is 5.73 Å². The average Bonchev–Trinajstić information content (AvgIpc) is 2.75. The van der Waals surface area contributed by atoms with Gasteiger partial charge in [-0.15, -0.1) is 11.3 Å². The van der Waals surface area contributed by atoms with Crippen LogP contribution in [-0.2, 0) is 16.4 Å². The predicted octanol–water partition coefficient (Wildman–Crippen LogP) is 1.67. The van der Waals surface area contributed by atoms with E-state index >= 15 is 0 Å². The Balaban J connectivity index is 2.94. The number of thiophene rings is 1. The summed E-state index contributed by atoms with van der Waals surface area (Å²) >= 11 is 1.32. The molecule has 0 bridgehead atoms. The van der Waals surface area contributed by atoms with E-state index in [1.54, 1.807) is 6.07 Å². The van der Waals surface area contributed by atoms with Crippen molar-refractivity contribution < 1.29 is 8.42 Å². The highest BCUT2D eigenvalue weighted by atomic mass is 32.2. The normalized spacial score (nSPS) is 12.2. The SMILES string of the molecule is CCCN(CC)S(=O)(=O)c1ccc(CCN)s1. The fourth-order valence-corrected chi connectivity index (χ4v) is 4.66. The van der Waals surface area contributed by atoms with Crippen molar-refractivity contribution in [2.24, 2.45) is 5.73 Å². The van der Waals surface area contributed by atoms with Gasteiger partial charge in [-0.2, -0.15) is 4.31 Å². The Labute approximate surface area is 107 Å². The molecule has 0 spiro atoms. The first-order valence-corrected chi connectivity index (χ1v) is 8.10. The molecule has 1 heterocycles. The van der Waals surface area contributed by atoms with Crippen molar-refractivity contribution in [1.82, 2.24) is 4.31 Å². The lowest BCUT2D eigenvalue weighted by molar-refractivity contribution is 0.428. The minimum Gasteiger partial charge on any atom is -0.330 e. The third kappa shape index (κ3) is 3.51. The van der Waals surface area contributed by atoms with E-state index in [0.29, 0.717) is 23.8 Å². The highest BCUT2D eigenvalue weighted by Gasteiger charge is 2.23. The van der Waals surface area contributed by atoms with Crippen LogP contribution in [0.25, 0.3) is 0 Å². The Kier molecular flexibility index (Phi) is 5.58. The highest BCUT2D eigenvalue weighted by Crippen LogP contribution is 2.25. The molecule has 0 fully saturated rings. The minimum atomic E-state index is -3.30. The number of sulfonamides is 1. The largest absolute Gasteiger partial charge is 0.330 e. The van der Waals surface area contributed by atoms with Crippen molar-refractivity contribution in [3.8, 4) is 0 Å². The average molecular weight is 276 g/mol. The van der Waals surface area contributed by atoms with Gasteiger partial charge in [-0.3, -0.25) is 0 Å². The molecule has 0 aliphatic heterocycles. The van der Waals surface area contributed by atoms with Gasteiger partial charge in [0.2, 0.25) is 0 Å². The van der Waals surface area contributed by atoms with Crippen LogP contribution in [0, 0.1) is 0 Å². The van der Waals surface area contributed by atoms with Gasteiger partial charge in [-0.05, 0) is 31.5 Å². The molecular weight excluding hydrogens is 256 g/mol. The van der Waals surface area contributed by atoms with E-state index in [2.05, 4.69) is 0 Å². The van der Waals surface area contributed by atoms with Crippen LogP contribution in [0.2, 0.25) is 0 Å². The number of nitrogens with two attached hydrogens (primary N) is 1. The van der Waals surface area contributed by atoms with Crippen molar-refractivity contribution in [2.75, 3.05) is 19.6 Å². The van der Waals surface area contributed by atoms with Crippen LogP contribution in [0.1, 0.15) is 25.1 Å². The van der Waals surface area contributed by atoms with Gasteiger partial charge in [0.15, 0.2) is 0 Å². The summed E-state index contributed by atoms with van der Waals surface area (Å²) in [6, 6.07) is 3.54. The zero-order valence-corrected chi connectivity index (χ0v) is 12.0. The molecule has 0 aromatic carbocycles. The lowest BCUT2D eigenvalue weighted by Crippen LogP contribution is -2.31. The molecule has 1 aromatic rings. The third-order valence-electron chi connectivity index (χ3n) is 2.45. The van der Waals surface area contributed by atoms with Crippen LogP contribution in [0.5, 0.6) is 0 Å². The summed E-state index contributed by atoms with van der Waals surface area (Å²) in [5.41, 5.74) is 5.46. The molecular formula is C11H20N2O2S2. The molecule has 0 aliphatic carbocycles. The molecule has 0 aliphatic rings. The number of rotatable bonds is 7. The molecule has 98 valence electrons. The Hall–Kier alpha value is -0.430. The molecule has 1 aromatic heterocycles. The van der Waals surface area contributed by atoms with Gasteiger partial charge in [-0.1, -0.05) is 13.8 Å². The Morgan fingerprint density at radius 2 is 2.06 bits per heavy atom. The molecule has 4 nitrogen and oxygen atoms in total. The maximum absolute atomic E-state index is 12.3. The number of hydrogen-bond acceptors (Lipinski definition) is 4. The Bertz CT molecular complexity index is 440. The van der Waals surface area contributed by atoms with Gasteiger partial charge in [0, 0.05) is 18.0 Å². The Morgan fingerprint density at radius 1 is 1.35 bits per heavy atom. The molecule has 0 radical (unpaired) electrons. The van der Waals surface area contributed by atoms with E-state index in [4.69, 9.17) is 5.73 Å². The summed E-state index contributed by atoms with van der Waals surface area (Å²) in [6.07, 6.45) is 1.56. The molecule has 1 rings (SSSR count). The van der Waals surface area contributed by atoms with Crippen LogP contribution in [-0.4, -0.2) is 32.4 Å². The van der Waals surface area contributed by atoms with Crippen molar-refractivity contribution in [2.45, 2.75) is 30.9 Å². The lowest BCUT2D eigenvalue weighted by atomic mass is 10.3. The van der Waals surface area contributed by atoms with Crippen molar-refractivity contribution in [1.29, 1.82) is 0 Å². The zero-order chi connectivity index (χ0) is 12.9. The van der Waals surface area contributed by atoms with Crippen LogP contribution in [0.4, 0.5) is 0 Å². The standard InChI is InChI=1S/C11H20N2O2S2/c1-3-9-13(4-2)17(14,15)11-6-5-10(16-11)7-8-12/h5-6H,3-4,7-9,12H2,1-2H3. The summed E-state index contributed by atoms with van der Waals surface area (Å²) in [5, 5.41) is 0. The van der Waals surface area contributed by atoms with E-state index in [1.165, 1.54) is 15.6 Å². The van der Waals surface area contributed by atoms with Gasteiger partial charge < -0.3 is 5.73 Å². The van der Waals surface area contributed by atoms with Crippen LogP contribution >= 0.6 is 11.3 Å². The summed E-state index contributed by atoms with van der Waals surface area (Å²) in [5.74, 6) is 0. The fraction of sp³-hybridized carbons (Fsp3) is 0.636. The van der Waals surface area contributed by atoms with E-state index < -0.39 is 10.0 Å². The van der Waals surface area contributed by atoms with Gasteiger partial charge in [0.05, 0.1) is 0 Å².